The highest BCUT2D eigenvalue weighted by Crippen LogP contribution is 2.29. The van der Waals surface area contributed by atoms with Gasteiger partial charge in [0.1, 0.15) is 5.75 Å². The molecule has 19 heavy (non-hydrogen) atoms. The monoisotopic (exact) mass is 264 g/mol. The lowest BCUT2D eigenvalue weighted by molar-refractivity contribution is 0.167. The van der Waals surface area contributed by atoms with Crippen LogP contribution in [0.3, 0.4) is 0 Å². The second-order valence-electron chi connectivity index (χ2n) is 4.82. The number of rotatable bonds is 8. The molecule has 0 heterocycles. The molecule has 4 nitrogen and oxygen atoms in total. The summed E-state index contributed by atoms with van der Waals surface area (Å²) in [5, 5.41) is 3.24. The van der Waals surface area contributed by atoms with Gasteiger partial charge in [-0.05, 0) is 32.9 Å². The molecule has 0 aliphatic rings. The van der Waals surface area contributed by atoms with Gasteiger partial charge in [0.05, 0.1) is 30.7 Å². The smallest absolute Gasteiger partial charge is 0.144 e. The molecule has 0 unspecified atom stereocenters. The Morgan fingerprint density at radius 1 is 1.42 bits per heavy atom. The fourth-order valence-corrected chi connectivity index (χ4v) is 1.56. The van der Waals surface area contributed by atoms with Crippen molar-refractivity contribution in [3.63, 3.8) is 0 Å². The summed E-state index contributed by atoms with van der Waals surface area (Å²) >= 11 is 0. The number of nitrogens with two attached hydrogens (primary N) is 1. The van der Waals surface area contributed by atoms with Gasteiger partial charge in [0.25, 0.3) is 0 Å². The molecule has 0 radical (unpaired) electrons. The van der Waals surface area contributed by atoms with Crippen LogP contribution in [0.4, 0.5) is 11.4 Å². The Hall–Kier alpha value is -1.68. The van der Waals surface area contributed by atoms with Gasteiger partial charge in [-0.1, -0.05) is 18.2 Å². The van der Waals surface area contributed by atoms with E-state index in [1.54, 1.807) is 0 Å². The van der Waals surface area contributed by atoms with Crippen LogP contribution in [0, 0.1) is 0 Å². The fraction of sp³-hybridized carbons (Fsp3) is 0.467. The number of hydrogen-bond acceptors (Lipinski definition) is 4. The molecule has 0 bridgehead atoms. The third-order valence-corrected chi connectivity index (χ3v) is 2.34. The van der Waals surface area contributed by atoms with Gasteiger partial charge in [-0.15, -0.1) is 0 Å². The van der Waals surface area contributed by atoms with Crippen LogP contribution in [0.1, 0.15) is 20.8 Å². The van der Waals surface area contributed by atoms with Crippen molar-refractivity contribution in [3.05, 3.63) is 30.4 Å². The van der Waals surface area contributed by atoms with Crippen molar-refractivity contribution >= 4 is 11.4 Å². The third kappa shape index (κ3) is 5.66. The molecule has 1 aromatic carbocycles. The van der Waals surface area contributed by atoms with Crippen LogP contribution in [0.25, 0.3) is 0 Å². The van der Waals surface area contributed by atoms with E-state index >= 15 is 0 Å². The molecule has 0 aromatic heterocycles. The van der Waals surface area contributed by atoms with E-state index in [1.807, 2.05) is 39.0 Å². The molecule has 0 aliphatic carbocycles. The average molecular weight is 264 g/mol. The maximum atomic E-state index is 6.05. The maximum Gasteiger partial charge on any atom is 0.144 e. The van der Waals surface area contributed by atoms with E-state index in [4.69, 9.17) is 15.2 Å². The SMILES string of the molecule is C=C(C)COCCNc1cccc(OC(C)C)c1N. The van der Waals surface area contributed by atoms with E-state index in [9.17, 15) is 0 Å². The van der Waals surface area contributed by atoms with Gasteiger partial charge in [-0.25, -0.2) is 0 Å². The predicted octanol–water partition coefficient (Wildman–Crippen LogP) is 3.06. The summed E-state index contributed by atoms with van der Waals surface area (Å²) in [6.45, 7) is 11.6. The van der Waals surface area contributed by atoms with E-state index in [2.05, 4.69) is 11.9 Å². The Kier molecular flexibility index (Phi) is 6.22. The number of nitrogen functional groups attached to an aromatic ring is 1. The van der Waals surface area contributed by atoms with E-state index in [-0.39, 0.29) is 6.10 Å². The van der Waals surface area contributed by atoms with Gasteiger partial charge in [-0.3, -0.25) is 0 Å². The van der Waals surface area contributed by atoms with Gasteiger partial charge in [0.2, 0.25) is 0 Å². The zero-order chi connectivity index (χ0) is 14.3. The summed E-state index contributed by atoms with van der Waals surface area (Å²) in [5.41, 5.74) is 8.58. The average Bonchev–Trinajstić information content (AvgIpc) is 2.32. The summed E-state index contributed by atoms with van der Waals surface area (Å²) < 4.78 is 11.1. The largest absolute Gasteiger partial charge is 0.489 e. The van der Waals surface area contributed by atoms with E-state index in [0.717, 1.165) is 11.3 Å². The van der Waals surface area contributed by atoms with Gasteiger partial charge >= 0.3 is 0 Å². The first kappa shape index (κ1) is 15.4. The Balaban J connectivity index is 2.47. The molecular weight excluding hydrogens is 240 g/mol. The minimum Gasteiger partial charge on any atom is -0.489 e. The second kappa shape index (κ2) is 7.69. The van der Waals surface area contributed by atoms with E-state index < -0.39 is 0 Å². The van der Waals surface area contributed by atoms with Gasteiger partial charge < -0.3 is 20.5 Å². The Morgan fingerprint density at radius 2 is 2.16 bits per heavy atom. The highest BCUT2D eigenvalue weighted by Gasteiger charge is 2.06. The number of benzene rings is 1. The van der Waals surface area contributed by atoms with Gasteiger partial charge in [0, 0.05) is 6.54 Å². The summed E-state index contributed by atoms with van der Waals surface area (Å²) in [5.74, 6) is 0.711. The summed E-state index contributed by atoms with van der Waals surface area (Å²) in [6, 6.07) is 5.73. The van der Waals surface area contributed by atoms with Crippen LogP contribution < -0.4 is 15.8 Å². The second-order valence-corrected chi connectivity index (χ2v) is 4.82. The van der Waals surface area contributed by atoms with Crippen molar-refractivity contribution in [2.24, 2.45) is 0 Å². The first-order valence-corrected chi connectivity index (χ1v) is 6.52. The number of nitrogens with one attached hydrogen (secondary N) is 1. The zero-order valence-corrected chi connectivity index (χ0v) is 12.0. The quantitative estimate of drug-likeness (QED) is 0.430. The molecular formula is C15H24N2O2. The number of anilines is 2. The van der Waals surface area contributed by atoms with E-state index in [0.29, 0.717) is 31.2 Å². The van der Waals surface area contributed by atoms with Crippen LogP contribution in [0.15, 0.2) is 30.4 Å². The molecule has 0 aliphatic heterocycles. The van der Waals surface area contributed by atoms with Crippen LogP contribution in [0.2, 0.25) is 0 Å². The lowest BCUT2D eigenvalue weighted by atomic mass is 10.2. The van der Waals surface area contributed by atoms with Crippen molar-refractivity contribution in [2.45, 2.75) is 26.9 Å². The zero-order valence-electron chi connectivity index (χ0n) is 12.0. The molecule has 0 atom stereocenters. The summed E-state index contributed by atoms with van der Waals surface area (Å²) in [6.07, 6.45) is 0.108. The fourth-order valence-electron chi connectivity index (χ4n) is 1.56. The predicted molar refractivity (Wildman–Crippen MR) is 80.7 cm³/mol. The van der Waals surface area contributed by atoms with Gasteiger partial charge in [-0.2, -0.15) is 0 Å². The van der Waals surface area contributed by atoms with Crippen molar-refractivity contribution in [2.75, 3.05) is 30.8 Å². The lowest BCUT2D eigenvalue weighted by Crippen LogP contribution is -2.13. The molecule has 4 heteroatoms. The van der Waals surface area contributed by atoms with Crippen LogP contribution in [-0.4, -0.2) is 25.9 Å². The van der Waals surface area contributed by atoms with Crippen molar-refractivity contribution in [1.82, 2.24) is 0 Å². The number of ether oxygens (including phenoxy) is 2. The molecule has 106 valence electrons. The van der Waals surface area contributed by atoms with Crippen molar-refractivity contribution in [1.29, 1.82) is 0 Å². The van der Waals surface area contributed by atoms with Crippen LogP contribution in [-0.2, 0) is 4.74 Å². The Morgan fingerprint density at radius 3 is 2.79 bits per heavy atom. The Labute approximate surface area is 115 Å². The standard InChI is InChI=1S/C15H24N2O2/c1-11(2)10-18-9-8-17-13-6-5-7-14(15(13)16)19-12(3)4/h5-7,12,17H,1,8-10,16H2,2-4H3. The molecule has 0 saturated carbocycles. The van der Waals surface area contributed by atoms with Crippen molar-refractivity contribution < 1.29 is 9.47 Å². The molecule has 3 N–H and O–H groups in total. The molecule has 0 amide bonds. The minimum atomic E-state index is 0.108. The van der Waals surface area contributed by atoms with Crippen molar-refractivity contribution in [3.8, 4) is 5.75 Å². The molecule has 1 rings (SSSR count). The first-order valence-electron chi connectivity index (χ1n) is 6.52. The molecule has 0 saturated heterocycles. The van der Waals surface area contributed by atoms with Crippen LogP contribution in [0.5, 0.6) is 5.75 Å². The summed E-state index contributed by atoms with van der Waals surface area (Å²) in [4.78, 5) is 0. The lowest BCUT2D eigenvalue weighted by Gasteiger charge is -2.15. The maximum absolute atomic E-state index is 6.05. The highest BCUT2D eigenvalue weighted by atomic mass is 16.5. The number of hydrogen-bond donors (Lipinski definition) is 2. The molecule has 0 fully saturated rings. The minimum absolute atomic E-state index is 0.108. The van der Waals surface area contributed by atoms with Gasteiger partial charge in [0.15, 0.2) is 0 Å². The molecule has 0 spiro atoms. The molecule has 1 aromatic rings. The normalized spacial score (nSPS) is 10.5. The van der Waals surface area contributed by atoms with Crippen LogP contribution >= 0.6 is 0 Å². The first-order chi connectivity index (χ1) is 9.00. The summed E-state index contributed by atoms with van der Waals surface area (Å²) in [7, 11) is 0. The number of para-hydroxylation sites is 1. The third-order valence-electron chi connectivity index (χ3n) is 2.34. The van der Waals surface area contributed by atoms with E-state index in [1.165, 1.54) is 0 Å². The highest BCUT2D eigenvalue weighted by molar-refractivity contribution is 5.72. The Bertz CT molecular complexity index is 417. The topological polar surface area (TPSA) is 56.5 Å².